The number of benzene rings is 4. The Morgan fingerprint density at radius 2 is 0.714 bits per heavy atom. The van der Waals surface area contributed by atoms with Crippen LogP contribution in [0.3, 0.4) is 0 Å². The minimum atomic E-state index is -2.90. The lowest BCUT2D eigenvalue weighted by molar-refractivity contribution is 0.496. The van der Waals surface area contributed by atoms with E-state index < -0.39 is 25.0 Å². The zero-order valence-electron chi connectivity index (χ0n) is 23.8. The molecule has 42 heavy (non-hydrogen) atoms. The minimum Gasteiger partial charge on any atom is -0.531 e. The lowest BCUT2D eigenvalue weighted by Crippen LogP contribution is -2.52. The van der Waals surface area contributed by atoms with Gasteiger partial charge in [0.1, 0.15) is 17.2 Å². The number of hydrogen-bond donors (Lipinski definition) is 0. The van der Waals surface area contributed by atoms with E-state index >= 15 is 0 Å². The van der Waals surface area contributed by atoms with Gasteiger partial charge in [-0.2, -0.15) is 0 Å². The van der Waals surface area contributed by atoms with Gasteiger partial charge in [-0.3, -0.25) is 0 Å². The molecular formula is C36H36O3Si3. The highest BCUT2D eigenvalue weighted by Gasteiger charge is 2.38. The largest absolute Gasteiger partial charge is 0.531 e. The molecule has 4 aromatic carbocycles. The summed E-state index contributed by atoms with van der Waals surface area (Å²) in [6.07, 6.45) is 0. The summed E-state index contributed by atoms with van der Waals surface area (Å²) in [5.41, 5.74) is 11.2. The fourth-order valence-electron chi connectivity index (χ4n) is 4.75. The molecule has 4 aromatic rings. The van der Waals surface area contributed by atoms with Crippen LogP contribution in [0, 0.1) is 0 Å². The third-order valence-electron chi connectivity index (χ3n) is 7.25. The van der Waals surface area contributed by atoms with Crippen molar-refractivity contribution in [2.45, 2.75) is 0 Å². The van der Waals surface area contributed by atoms with Gasteiger partial charge < -0.3 is 13.3 Å². The first-order valence-electron chi connectivity index (χ1n) is 13.6. The molecule has 210 valence electrons. The van der Waals surface area contributed by atoms with E-state index in [4.69, 9.17) is 13.3 Å². The summed E-state index contributed by atoms with van der Waals surface area (Å²) in [4.78, 5) is 0. The van der Waals surface area contributed by atoms with Crippen LogP contribution in [0.2, 0.25) is 0 Å². The lowest BCUT2D eigenvalue weighted by Gasteiger charge is -2.32. The van der Waals surface area contributed by atoms with E-state index in [-0.39, 0.29) is 0 Å². The summed E-state index contributed by atoms with van der Waals surface area (Å²) in [6, 6.07) is 35.8. The molecule has 0 unspecified atom stereocenters. The van der Waals surface area contributed by atoms with Crippen LogP contribution in [0.15, 0.2) is 183 Å². The molecule has 6 heteroatoms. The predicted molar refractivity (Wildman–Crippen MR) is 185 cm³/mol. The van der Waals surface area contributed by atoms with Crippen LogP contribution < -0.4 is 28.8 Å². The fraction of sp³-hybridized carbons (Fsp3) is 0. The average Bonchev–Trinajstić information content (AvgIpc) is 3.07. The third kappa shape index (κ3) is 6.01. The molecule has 0 amide bonds. The second-order valence-corrected chi connectivity index (χ2v) is 19.2. The minimum absolute atomic E-state index is 0.517. The first kappa shape index (κ1) is 30.3. The maximum atomic E-state index is 6.93. The number of hydrogen-bond acceptors (Lipinski definition) is 3. The molecule has 0 atom stereocenters. The van der Waals surface area contributed by atoms with Crippen molar-refractivity contribution in [2.24, 2.45) is 0 Å². The van der Waals surface area contributed by atoms with Crippen molar-refractivity contribution in [3.8, 4) is 17.2 Å². The van der Waals surface area contributed by atoms with Crippen molar-refractivity contribution in [2.75, 3.05) is 0 Å². The maximum absolute atomic E-state index is 6.93. The van der Waals surface area contributed by atoms with Crippen LogP contribution in [0.5, 0.6) is 17.2 Å². The third-order valence-corrected chi connectivity index (χ3v) is 16.3. The Balaban J connectivity index is 1.87. The zero-order valence-corrected chi connectivity index (χ0v) is 26.8. The number of rotatable bonds is 15. The van der Waals surface area contributed by atoms with Gasteiger partial charge in [-0.15, -0.1) is 39.5 Å². The quantitative estimate of drug-likeness (QED) is 0.142. The van der Waals surface area contributed by atoms with Crippen LogP contribution in [-0.2, 0) is 0 Å². The summed E-state index contributed by atoms with van der Waals surface area (Å²) < 4.78 is 20.5. The summed E-state index contributed by atoms with van der Waals surface area (Å²) >= 11 is 0. The van der Waals surface area contributed by atoms with Crippen LogP contribution in [-0.4, -0.2) is 25.0 Å². The molecule has 0 spiro atoms. The van der Waals surface area contributed by atoms with Crippen LogP contribution in [0.25, 0.3) is 0 Å². The van der Waals surface area contributed by atoms with Gasteiger partial charge in [0, 0.05) is 6.07 Å². The highest BCUT2D eigenvalue weighted by molar-refractivity contribution is 6.96. The van der Waals surface area contributed by atoms with Crippen molar-refractivity contribution < 1.29 is 13.3 Å². The molecule has 0 fully saturated rings. The maximum Gasteiger partial charge on any atom is 0.331 e. The Morgan fingerprint density at radius 3 is 1.07 bits per heavy atom. The van der Waals surface area contributed by atoms with Gasteiger partial charge in [0.25, 0.3) is 0 Å². The molecule has 0 radical (unpaired) electrons. The normalized spacial score (nSPS) is 11.4. The summed E-state index contributed by atoms with van der Waals surface area (Å²) in [5, 5.41) is 3.07. The predicted octanol–water partition coefficient (Wildman–Crippen LogP) is 6.73. The van der Waals surface area contributed by atoms with E-state index in [0.29, 0.717) is 17.2 Å². The van der Waals surface area contributed by atoms with Crippen molar-refractivity contribution >= 4 is 40.5 Å². The van der Waals surface area contributed by atoms with E-state index in [2.05, 4.69) is 39.5 Å². The Kier molecular flexibility index (Phi) is 9.64. The summed E-state index contributed by atoms with van der Waals surface area (Å²) in [6.45, 7) is 24.8. The van der Waals surface area contributed by atoms with E-state index in [9.17, 15) is 0 Å². The van der Waals surface area contributed by atoms with Crippen molar-refractivity contribution in [3.05, 3.63) is 183 Å². The highest BCUT2D eigenvalue weighted by atomic mass is 28.4. The molecule has 4 rings (SSSR count). The van der Waals surface area contributed by atoms with Gasteiger partial charge in [0.2, 0.25) is 0 Å². The molecule has 0 N–H and O–H groups in total. The zero-order chi connectivity index (χ0) is 30.1. The molecular weight excluding hydrogens is 565 g/mol. The summed E-state index contributed by atoms with van der Waals surface area (Å²) in [5.74, 6) is 1.68. The van der Waals surface area contributed by atoms with Gasteiger partial charge in [-0.1, -0.05) is 125 Å². The van der Waals surface area contributed by atoms with Crippen LogP contribution in [0.1, 0.15) is 0 Å². The molecule has 0 bridgehead atoms. The van der Waals surface area contributed by atoms with Gasteiger partial charge in [0.05, 0.1) is 0 Å². The molecule has 0 aliphatic carbocycles. The van der Waals surface area contributed by atoms with Gasteiger partial charge in [-0.05, 0) is 27.7 Å². The first-order chi connectivity index (χ1) is 20.4. The first-order valence-corrected chi connectivity index (χ1v) is 19.8. The van der Waals surface area contributed by atoms with Crippen molar-refractivity contribution in [1.29, 1.82) is 0 Å². The van der Waals surface area contributed by atoms with Gasteiger partial charge >= 0.3 is 25.0 Å². The molecule has 0 aliphatic rings. The van der Waals surface area contributed by atoms with Gasteiger partial charge in [-0.25, -0.2) is 0 Å². The standard InChI is InChI=1S/C36H36O3Si3/c1-7-40(8-2,32-22-16-13-17-23-32)37-31-28-29-35(38-41(9-3,10-4)33-24-18-14-19-25-33)36(30-31)39-42(11-5,12-6)34-26-20-15-21-27-34/h7-30H,1-6H2. The Hall–Kier alpha value is -4.63. The van der Waals surface area contributed by atoms with Crippen LogP contribution in [0.4, 0.5) is 0 Å². The Morgan fingerprint density at radius 1 is 0.381 bits per heavy atom. The molecule has 3 nitrogen and oxygen atoms in total. The topological polar surface area (TPSA) is 27.7 Å². The Labute approximate surface area is 253 Å². The molecule has 0 aliphatic heterocycles. The smallest absolute Gasteiger partial charge is 0.331 e. The highest BCUT2D eigenvalue weighted by Crippen LogP contribution is 2.36. The van der Waals surface area contributed by atoms with E-state index in [0.717, 1.165) is 15.6 Å². The molecule has 0 saturated heterocycles. The summed E-state index contributed by atoms with van der Waals surface area (Å²) in [7, 11) is -8.53. The SMILES string of the molecule is C=C[Si](C=C)(Oc1ccc(O[Si](C=C)(C=C)c2ccccc2)c(O[Si](C=C)(C=C)c2ccccc2)c1)c1ccccc1. The lowest BCUT2D eigenvalue weighted by atomic mass is 10.3. The van der Waals surface area contributed by atoms with Crippen LogP contribution >= 0.6 is 0 Å². The monoisotopic (exact) mass is 600 g/mol. The molecule has 0 heterocycles. The second kappa shape index (κ2) is 13.4. The van der Waals surface area contributed by atoms with E-state index in [1.54, 1.807) is 0 Å². The van der Waals surface area contributed by atoms with E-state index in [1.807, 2.05) is 143 Å². The van der Waals surface area contributed by atoms with Gasteiger partial charge in [0.15, 0.2) is 0 Å². The second-order valence-electron chi connectivity index (χ2n) is 9.62. The fourth-order valence-corrected chi connectivity index (χ4v) is 11.2. The average molecular weight is 601 g/mol. The molecule has 0 aromatic heterocycles. The molecule has 0 saturated carbocycles. The van der Waals surface area contributed by atoms with Crippen molar-refractivity contribution in [1.82, 2.24) is 0 Å². The Bertz CT molecular complexity index is 1540. The van der Waals surface area contributed by atoms with E-state index in [1.165, 1.54) is 0 Å². The van der Waals surface area contributed by atoms with Crippen molar-refractivity contribution in [3.63, 3.8) is 0 Å².